The number of nitrogens with one attached hydrogen (secondary N) is 3. The summed E-state index contributed by atoms with van der Waals surface area (Å²) in [5, 5.41) is 9.42. The van der Waals surface area contributed by atoms with Crippen LogP contribution in [0.3, 0.4) is 0 Å². The quantitative estimate of drug-likeness (QED) is 0.401. The van der Waals surface area contributed by atoms with Gasteiger partial charge in [-0.15, -0.1) is 0 Å². The zero-order valence-corrected chi connectivity index (χ0v) is 17.2. The molecule has 1 aliphatic rings. The van der Waals surface area contributed by atoms with E-state index >= 15 is 0 Å². The SMILES string of the molecule is CN=C(NCCc1ccc2c(c1)OCO2)NCc1cccc(NC(=O)c2ccco2)c1. The van der Waals surface area contributed by atoms with Gasteiger partial charge < -0.3 is 29.8 Å². The smallest absolute Gasteiger partial charge is 0.291 e. The van der Waals surface area contributed by atoms with Gasteiger partial charge in [0.2, 0.25) is 6.79 Å². The van der Waals surface area contributed by atoms with E-state index in [9.17, 15) is 4.79 Å². The minimum absolute atomic E-state index is 0.274. The number of anilines is 1. The van der Waals surface area contributed by atoms with Crippen LogP contribution in [0.25, 0.3) is 0 Å². The third-order valence-corrected chi connectivity index (χ3v) is 4.76. The Morgan fingerprint density at radius 3 is 2.74 bits per heavy atom. The average molecular weight is 420 g/mol. The highest BCUT2D eigenvalue weighted by atomic mass is 16.7. The molecule has 0 fully saturated rings. The lowest BCUT2D eigenvalue weighted by Gasteiger charge is -2.13. The van der Waals surface area contributed by atoms with Gasteiger partial charge in [0.05, 0.1) is 6.26 Å². The Morgan fingerprint density at radius 2 is 1.90 bits per heavy atom. The van der Waals surface area contributed by atoms with Gasteiger partial charge >= 0.3 is 0 Å². The third kappa shape index (κ3) is 5.36. The predicted octanol–water partition coefficient (Wildman–Crippen LogP) is 3.17. The molecule has 8 nitrogen and oxygen atoms in total. The number of nitrogens with zero attached hydrogens (tertiary/aromatic N) is 1. The summed E-state index contributed by atoms with van der Waals surface area (Å²) < 4.78 is 15.9. The van der Waals surface area contributed by atoms with E-state index in [0.29, 0.717) is 18.2 Å². The largest absolute Gasteiger partial charge is 0.459 e. The maximum Gasteiger partial charge on any atom is 0.291 e. The zero-order chi connectivity index (χ0) is 21.5. The number of hydrogen-bond acceptors (Lipinski definition) is 5. The van der Waals surface area contributed by atoms with Crippen molar-refractivity contribution in [2.75, 3.05) is 25.7 Å². The number of amides is 1. The summed E-state index contributed by atoms with van der Waals surface area (Å²) in [6.07, 6.45) is 2.30. The van der Waals surface area contributed by atoms with Gasteiger partial charge in [-0.3, -0.25) is 9.79 Å². The molecule has 8 heteroatoms. The molecule has 0 unspecified atom stereocenters. The highest BCUT2D eigenvalue weighted by Gasteiger charge is 2.13. The number of fused-ring (bicyclic) bond motifs is 1. The number of carbonyl (C=O) groups excluding carboxylic acids is 1. The van der Waals surface area contributed by atoms with Gasteiger partial charge in [-0.05, 0) is 53.9 Å². The van der Waals surface area contributed by atoms with Crippen molar-refractivity contribution < 1.29 is 18.7 Å². The van der Waals surface area contributed by atoms with E-state index in [2.05, 4.69) is 20.9 Å². The number of guanidine groups is 1. The molecule has 0 radical (unpaired) electrons. The van der Waals surface area contributed by atoms with E-state index in [0.717, 1.165) is 35.6 Å². The number of ether oxygens (including phenoxy) is 2. The Balaban J connectivity index is 1.25. The Labute approximate surface area is 180 Å². The van der Waals surface area contributed by atoms with Crippen molar-refractivity contribution in [3.8, 4) is 11.5 Å². The van der Waals surface area contributed by atoms with Crippen molar-refractivity contribution >= 4 is 17.6 Å². The molecule has 160 valence electrons. The van der Waals surface area contributed by atoms with Crippen LogP contribution in [0.2, 0.25) is 0 Å². The summed E-state index contributed by atoms with van der Waals surface area (Å²) in [5.41, 5.74) is 2.87. The standard InChI is InChI=1S/C23H24N4O4/c1-24-23(25-10-9-16-7-8-19-21(13-16)31-15-30-19)26-14-17-4-2-5-18(12-17)27-22(28)20-6-3-11-29-20/h2-8,11-13H,9-10,14-15H2,1H3,(H,27,28)(H2,24,25,26). The molecule has 3 aromatic rings. The molecule has 0 saturated heterocycles. The van der Waals surface area contributed by atoms with Crippen LogP contribution < -0.4 is 25.4 Å². The first-order valence-corrected chi connectivity index (χ1v) is 9.98. The van der Waals surface area contributed by atoms with Crippen LogP contribution in [-0.2, 0) is 13.0 Å². The molecule has 0 bridgehead atoms. The molecule has 4 rings (SSSR count). The fourth-order valence-corrected chi connectivity index (χ4v) is 3.19. The van der Waals surface area contributed by atoms with Gasteiger partial charge in [0.25, 0.3) is 5.91 Å². The summed E-state index contributed by atoms with van der Waals surface area (Å²) in [6, 6.07) is 16.9. The van der Waals surface area contributed by atoms with Crippen LogP contribution in [0.4, 0.5) is 5.69 Å². The summed E-state index contributed by atoms with van der Waals surface area (Å²) >= 11 is 0. The van der Waals surface area contributed by atoms with E-state index in [1.165, 1.54) is 6.26 Å². The van der Waals surface area contributed by atoms with Crippen LogP contribution in [0, 0.1) is 0 Å². The van der Waals surface area contributed by atoms with Gasteiger partial charge in [0, 0.05) is 25.8 Å². The molecule has 0 atom stereocenters. The molecular formula is C23H24N4O4. The van der Waals surface area contributed by atoms with Crippen LogP contribution >= 0.6 is 0 Å². The van der Waals surface area contributed by atoms with Gasteiger partial charge in [-0.25, -0.2) is 0 Å². The first-order chi connectivity index (χ1) is 15.2. The van der Waals surface area contributed by atoms with Crippen molar-refractivity contribution in [2.24, 2.45) is 4.99 Å². The highest BCUT2D eigenvalue weighted by molar-refractivity contribution is 6.02. The van der Waals surface area contributed by atoms with Crippen molar-refractivity contribution in [1.82, 2.24) is 10.6 Å². The normalized spacial score (nSPS) is 12.5. The van der Waals surface area contributed by atoms with E-state index < -0.39 is 0 Å². The molecule has 2 heterocycles. The summed E-state index contributed by atoms with van der Waals surface area (Å²) in [5.74, 6) is 2.27. The lowest BCUT2D eigenvalue weighted by atomic mass is 10.1. The highest BCUT2D eigenvalue weighted by Crippen LogP contribution is 2.32. The predicted molar refractivity (Wildman–Crippen MR) is 118 cm³/mol. The van der Waals surface area contributed by atoms with Gasteiger partial charge in [-0.2, -0.15) is 0 Å². The fraction of sp³-hybridized carbons (Fsp3) is 0.217. The summed E-state index contributed by atoms with van der Waals surface area (Å²) in [4.78, 5) is 16.4. The number of benzene rings is 2. The molecule has 0 aliphatic carbocycles. The number of rotatable bonds is 7. The molecule has 1 amide bonds. The van der Waals surface area contributed by atoms with Gasteiger partial charge in [-0.1, -0.05) is 18.2 Å². The second kappa shape index (κ2) is 9.71. The molecule has 1 aliphatic heterocycles. The second-order valence-electron chi connectivity index (χ2n) is 6.92. The number of furan rings is 1. The Morgan fingerprint density at radius 1 is 1.00 bits per heavy atom. The van der Waals surface area contributed by atoms with Crippen molar-refractivity contribution in [1.29, 1.82) is 0 Å². The maximum absolute atomic E-state index is 12.1. The first-order valence-electron chi connectivity index (χ1n) is 9.98. The Hall–Kier alpha value is -3.94. The third-order valence-electron chi connectivity index (χ3n) is 4.76. The monoisotopic (exact) mass is 420 g/mol. The van der Waals surface area contributed by atoms with Crippen LogP contribution in [-0.4, -0.2) is 32.3 Å². The van der Waals surface area contributed by atoms with E-state index in [1.807, 2.05) is 42.5 Å². The van der Waals surface area contributed by atoms with E-state index in [4.69, 9.17) is 13.9 Å². The minimum atomic E-state index is -0.281. The number of carbonyl (C=O) groups is 1. The van der Waals surface area contributed by atoms with Crippen molar-refractivity contribution in [3.05, 3.63) is 77.7 Å². The molecule has 31 heavy (non-hydrogen) atoms. The number of hydrogen-bond donors (Lipinski definition) is 3. The molecule has 1 aromatic heterocycles. The van der Waals surface area contributed by atoms with Crippen LogP contribution in [0.15, 0.2) is 70.3 Å². The molecular weight excluding hydrogens is 396 g/mol. The minimum Gasteiger partial charge on any atom is -0.459 e. The lowest BCUT2D eigenvalue weighted by molar-refractivity contribution is 0.0996. The molecule has 0 saturated carbocycles. The Bertz CT molecular complexity index is 1060. The van der Waals surface area contributed by atoms with Crippen LogP contribution in [0.5, 0.6) is 11.5 Å². The summed E-state index contributed by atoms with van der Waals surface area (Å²) in [7, 11) is 1.73. The van der Waals surface area contributed by atoms with Crippen molar-refractivity contribution in [3.63, 3.8) is 0 Å². The summed E-state index contributed by atoms with van der Waals surface area (Å²) in [6.45, 7) is 1.56. The first kappa shape index (κ1) is 20.3. The fourth-order valence-electron chi connectivity index (χ4n) is 3.19. The van der Waals surface area contributed by atoms with Gasteiger partial charge in [0.15, 0.2) is 23.2 Å². The van der Waals surface area contributed by atoms with E-state index in [1.54, 1.807) is 19.2 Å². The Kier molecular flexibility index (Phi) is 6.37. The average Bonchev–Trinajstić information content (AvgIpc) is 3.48. The van der Waals surface area contributed by atoms with E-state index in [-0.39, 0.29) is 18.5 Å². The second-order valence-corrected chi connectivity index (χ2v) is 6.92. The number of aliphatic imine (C=N–C) groups is 1. The van der Waals surface area contributed by atoms with Crippen LogP contribution in [0.1, 0.15) is 21.7 Å². The van der Waals surface area contributed by atoms with Crippen molar-refractivity contribution in [2.45, 2.75) is 13.0 Å². The molecule has 2 aromatic carbocycles. The van der Waals surface area contributed by atoms with Gasteiger partial charge in [0.1, 0.15) is 0 Å². The topological polar surface area (TPSA) is 97.1 Å². The maximum atomic E-state index is 12.1. The molecule has 0 spiro atoms. The molecule has 3 N–H and O–H groups in total. The zero-order valence-electron chi connectivity index (χ0n) is 17.2. The lowest BCUT2D eigenvalue weighted by Crippen LogP contribution is -2.37.